The maximum Gasteiger partial charge on any atom is 0.416 e. The summed E-state index contributed by atoms with van der Waals surface area (Å²) < 4.78 is 7.11. The van der Waals surface area contributed by atoms with Crippen LogP contribution >= 0.6 is 15.9 Å². The Hall–Kier alpha value is -1.49. The molecule has 0 aliphatic heterocycles. The lowest BCUT2D eigenvalue weighted by atomic mass is 10.2. The number of halogens is 1. The van der Waals surface area contributed by atoms with Crippen molar-refractivity contribution >= 4 is 32.9 Å². The third-order valence-corrected chi connectivity index (χ3v) is 2.62. The molecule has 0 bridgehead atoms. The summed E-state index contributed by atoms with van der Waals surface area (Å²) in [4.78, 5) is 10.9. The number of carboxylic acid groups (broad SMARTS) is 1. The zero-order valence-corrected chi connectivity index (χ0v) is 9.48. The van der Waals surface area contributed by atoms with E-state index in [1.807, 2.05) is 0 Å². The number of nitrogens with zero attached hydrogens (tertiary/aromatic N) is 1. The number of methoxy groups -OCH3 is 1. The molecular weight excluding hydrogens is 262 g/mol. The summed E-state index contributed by atoms with van der Waals surface area (Å²) in [6.07, 6.45) is 0.493. The zero-order chi connectivity index (χ0) is 11.0. The fourth-order valence-electron chi connectivity index (χ4n) is 1.51. The summed E-state index contributed by atoms with van der Waals surface area (Å²) in [7, 11) is 1.55. The van der Waals surface area contributed by atoms with Gasteiger partial charge in [-0.1, -0.05) is 15.9 Å². The minimum Gasteiger partial charge on any atom is -0.496 e. The van der Waals surface area contributed by atoms with Crippen molar-refractivity contribution in [2.24, 2.45) is 0 Å². The Balaban J connectivity index is 2.80. The molecular formula is C10H8BrNO3. The van der Waals surface area contributed by atoms with Crippen molar-refractivity contribution in [2.45, 2.75) is 0 Å². The molecule has 1 aromatic carbocycles. The van der Waals surface area contributed by atoms with E-state index in [1.165, 1.54) is 6.20 Å². The van der Waals surface area contributed by atoms with E-state index in [4.69, 9.17) is 9.84 Å². The van der Waals surface area contributed by atoms with Crippen molar-refractivity contribution in [3.05, 3.63) is 28.9 Å². The first-order valence-electron chi connectivity index (χ1n) is 4.21. The molecule has 0 saturated carbocycles. The van der Waals surface area contributed by atoms with Crippen LogP contribution in [-0.2, 0) is 0 Å². The summed E-state index contributed by atoms with van der Waals surface area (Å²) in [6.45, 7) is 0. The van der Waals surface area contributed by atoms with Crippen LogP contribution in [0.1, 0.15) is 0 Å². The van der Waals surface area contributed by atoms with Gasteiger partial charge in [-0.3, -0.25) is 4.57 Å². The van der Waals surface area contributed by atoms with Gasteiger partial charge in [0, 0.05) is 16.1 Å². The molecule has 4 nitrogen and oxygen atoms in total. The van der Waals surface area contributed by atoms with Gasteiger partial charge in [0.25, 0.3) is 0 Å². The molecule has 0 radical (unpaired) electrons. The standard InChI is InChI=1S/C10H8BrNO3/c1-15-9-5-6(11)4-8-7(9)2-3-12(8)10(13)14/h2-5H,1H3,(H,13,14). The Morgan fingerprint density at radius 1 is 1.53 bits per heavy atom. The summed E-state index contributed by atoms with van der Waals surface area (Å²) in [5, 5.41) is 9.71. The smallest absolute Gasteiger partial charge is 0.416 e. The molecule has 0 spiro atoms. The van der Waals surface area contributed by atoms with E-state index in [2.05, 4.69) is 15.9 Å². The second-order valence-corrected chi connectivity index (χ2v) is 3.92. The molecule has 0 atom stereocenters. The molecule has 5 heteroatoms. The van der Waals surface area contributed by atoms with E-state index >= 15 is 0 Å². The van der Waals surface area contributed by atoms with E-state index in [1.54, 1.807) is 25.3 Å². The average molecular weight is 270 g/mol. The normalized spacial score (nSPS) is 10.5. The number of rotatable bonds is 1. The number of hydrogen-bond donors (Lipinski definition) is 1. The number of hydrogen-bond acceptors (Lipinski definition) is 2. The predicted molar refractivity (Wildman–Crippen MR) is 59.6 cm³/mol. The second kappa shape index (κ2) is 3.58. The Morgan fingerprint density at radius 3 is 2.87 bits per heavy atom. The molecule has 0 aliphatic rings. The van der Waals surface area contributed by atoms with Crippen LogP contribution in [0.15, 0.2) is 28.9 Å². The summed E-state index contributed by atoms with van der Waals surface area (Å²) >= 11 is 3.31. The van der Waals surface area contributed by atoms with Crippen LogP contribution in [0.4, 0.5) is 4.79 Å². The van der Waals surface area contributed by atoms with Gasteiger partial charge >= 0.3 is 6.09 Å². The second-order valence-electron chi connectivity index (χ2n) is 3.01. The fourth-order valence-corrected chi connectivity index (χ4v) is 1.94. The number of carbonyl (C=O) groups is 1. The topological polar surface area (TPSA) is 51.5 Å². The predicted octanol–water partition coefficient (Wildman–Crippen LogP) is 2.94. The van der Waals surface area contributed by atoms with Gasteiger partial charge in [-0.05, 0) is 18.2 Å². The minimum atomic E-state index is -1.01. The van der Waals surface area contributed by atoms with Crippen LogP contribution in [0.25, 0.3) is 10.9 Å². The lowest BCUT2D eigenvalue weighted by molar-refractivity contribution is 0.197. The van der Waals surface area contributed by atoms with Crippen molar-refractivity contribution in [3.63, 3.8) is 0 Å². The first-order chi connectivity index (χ1) is 7.13. The highest BCUT2D eigenvalue weighted by Gasteiger charge is 2.11. The van der Waals surface area contributed by atoms with Crippen LogP contribution < -0.4 is 4.74 Å². The molecule has 2 rings (SSSR count). The molecule has 1 heterocycles. The van der Waals surface area contributed by atoms with E-state index in [0.717, 1.165) is 14.4 Å². The summed E-state index contributed by atoms with van der Waals surface area (Å²) in [5.41, 5.74) is 0.605. The van der Waals surface area contributed by atoms with Crippen molar-refractivity contribution in [3.8, 4) is 5.75 Å². The van der Waals surface area contributed by atoms with Gasteiger partial charge in [0.15, 0.2) is 0 Å². The molecule has 1 N–H and O–H groups in total. The number of aromatic nitrogens is 1. The number of fused-ring (bicyclic) bond motifs is 1. The van der Waals surface area contributed by atoms with Gasteiger partial charge in [-0.25, -0.2) is 4.79 Å². The molecule has 0 fully saturated rings. The highest BCUT2D eigenvalue weighted by molar-refractivity contribution is 9.10. The van der Waals surface area contributed by atoms with E-state index in [9.17, 15) is 4.79 Å². The maximum absolute atomic E-state index is 10.9. The van der Waals surface area contributed by atoms with Gasteiger partial charge in [0.1, 0.15) is 5.75 Å². The first kappa shape index (κ1) is 10.0. The summed E-state index contributed by atoms with van der Waals surface area (Å²) in [6, 6.07) is 5.26. The van der Waals surface area contributed by atoms with Gasteiger partial charge in [0.2, 0.25) is 0 Å². The molecule has 0 saturated heterocycles. The molecule has 1 aromatic heterocycles. The monoisotopic (exact) mass is 269 g/mol. The van der Waals surface area contributed by atoms with E-state index in [-0.39, 0.29) is 0 Å². The van der Waals surface area contributed by atoms with Gasteiger partial charge in [0.05, 0.1) is 12.6 Å². The highest BCUT2D eigenvalue weighted by Crippen LogP contribution is 2.30. The minimum absolute atomic E-state index is 0.605. The van der Waals surface area contributed by atoms with Crippen molar-refractivity contribution in [1.82, 2.24) is 4.57 Å². The van der Waals surface area contributed by atoms with Gasteiger partial charge < -0.3 is 9.84 Å². The lowest BCUT2D eigenvalue weighted by Crippen LogP contribution is -2.05. The van der Waals surface area contributed by atoms with Crippen molar-refractivity contribution in [2.75, 3.05) is 7.11 Å². The van der Waals surface area contributed by atoms with Gasteiger partial charge in [-0.2, -0.15) is 0 Å². The first-order valence-corrected chi connectivity index (χ1v) is 5.00. The van der Waals surface area contributed by atoms with Crippen molar-refractivity contribution in [1.29, 1.82) is 0 Å². The number of benzene rings is 1. The fraction of sp³-hybridized carbons (Fsp3) is 0.100. The molecule has 0 aliphatic carbocycles. The average Bonchev–Trinajstić information content (AvgIpc) is 2.59. The zero-order valence-electron chi connectivity index (χ0n) is 7.90. The van der Waals surface area contributed by atoms with Crippen LogP contribution in [0.5, 0.6) is 5.75 Å². The Bertz CT molecular complexity index is 533. The molecule has 0 unspecified atom stereocenters. The molecule has 2 aromatic rings. The number of ether oxygens (including phenoxy) is 1. The van der Waals surface area contributed by atoms with Crippen LogP contribution in [-0.4, -0.2) is 22.9 Å². The third-order valence-electron chi connectivity index (χ3n) is 2.16. The SMILES string of the molecule is COc1cc(Br)cc2c1ccn2C(=O)O. The Morgan fingerprint density at radius 2 is 2.27 bits per heavy atom. The third kappa shape index (κ3) is 1.59. The quantitative estimate of drug-likeness (QED) is 0.866. The maximum atomic E-state index is 10.9. The molecule has 0 amide bonds. The van der Waals surface area contributed by atoms with Crippen LogP contribution in [0.3, 0.4) is 0 Å². The highest BCUT2D eigenvalue weighted by atomic mass is 79.9. The summed E-state index contributed by atoms with van der Waals surface area (Å²) in [5.74, 6) is 0.652. The Labute approximate surface area is 94.2 Å². The van der Waals surface area contributed by atoms with E-state index in [0.29, 0.717) is 11.3 Å². The van der Waals surface area contributed by atoms with Crippen LogP contribution in [0.2, 0.25) is 0 Å². The molecule has 78 valence electrons. The van der Waals surface area contributed by atoms with Gasteiger partial charge in [-0.15, -0.1) is 0 Å². The Kier molecular flexibility index (Phi) is 2.40. The molecule has 15 heavy (non-hydrogen) atoms. The lowest BCUT2D eigenvalue weighted by Gasteiger charge is -2.04. The largest absolute Gasteiger partial charge is 0.496 e. The van der Waals surface area contributed by atoms with Crippen LogP contribution in [0, 0.1) is 0 Å². The van der Waals surface area contributed by atoms with E-state index < -0.39 is 6.09 Å². The van der Waals surface area contributed by atoms with Crippen molar-refractivity contribution < 1.29 is 14.6 Å².